The molecule has 15 heavy (non-hydrogen) atoms. The van der Waals surface area contributed by atoms with Crippen molar-refractivity contribution in [3.05, 3.63) is 29.3 Å². The summed E-state index contributed by atoms with van der Waals surface area (Å²) in [4.78, 5) is 10.4. The van der Waals surface area contributed by atoms with Gasteiger partial charge in [-0.2, -0.15) is 0 Å². The fourth-order valence-electron chi connectivity index (χ4n) is 1.01. The van der Waals surface area contributed by atoms with E-state index in [1.54, 1.807) is 0 Å². The van der Waals surface area contributed by atoms with Crippen molar-refractivity contribution in [1.29, 1.82) is 0 Å². The molecule has 0 spiro atoms. The molecule has 1 rings (SSSR count). The van der Waals surface area contributed by atoms with Crippen molar-refractivity contribution in [3.8, 4) is 5.75 Å². The van der Waals surface area contributed by atoms with Crippen molar-refractivity contribution in [2.24, 2.45) is 11.5 Å². The monoisotopic (exact) mass is 216 g/mol. The summed E-state index contributed by atoms with van der Waals surface area (Å²) < 4.78 is 30.9. The fourth-order valence-corrected chi connectivity index (χ4v) is 1.01. The summed E-state index contributed by atoms with van der Waals surface area (Å²) >= 11 is 0. The average molecular weight is 216 g/mol. The van der Waals surface area contributed by atoms with Crippen molar-refractivity contribution < 1.29 is 18.3 Å². The minimum Gasteiger partial charge on any atom is -0.478 e. The Bertz CT molecular complexity index is 359. The van der Waals surface area contributed by atoms with Gasteiger partial charge in [0.2, 0.25) is 0 Å². The van der Waals surface area contributed by atoms with Gasteiger partial charge in [-0.05, 0) is 17.7 Å². The maximum atomic E-state index is 13.2. The highest BCUT2D eigenvalue weighted by Gasteiger charge is 2.12. The lowest BCUT2D eigenvalue weighted by atomic mass is 10.2. The molecule has 0 aliphatic rings. The molecule has 4 nitrogen and oxygen atoms in total. The smallest absolute Gasteiger partial charge is 0.255 e. The largest absolute Gasteiger partial charge is 0.478 e. The lowest BCUT2D eigenvalue weighted by Crippen LogP contribution is -2.21. The van der Waals surface area contributed by atoms with Crippen LogP contribution in [-0.4, -0.2) is 12.5 Å². The molecule has 4 N–H and O–H groups in total. The first-order valence-electron chi connectivity index (χ1n) is 4.13. The number of carbonyl (C=O) groups is 1. The number of benzene rings is 1. The second kappa shape index (κ2) is 4.70. The molecule has 1 aromatic rings. The van der Waals surface area contributed by atoms with E-state index in [9.17, 15) is 13.6 Å². The second-order valence-electron chi connectivity index (χ2n) is 2.85. The van der Waals surface area contributed by atoms with Gasteiger partial charge in [-0.1, -0.05) is 0 Å². The fraction of sp³-hybridized carbons (Fsp3) is 0.222. The summed E-state index contributed by atoms with van der Waals surface area (Å²) in [6.45, 7) is -0.556. The molecule has 1 amide bonds. The highest BCUT2D eigenvalue weighted by Crippen LogP contribution is 2.22. The summed E-state index contributed by atoms with van der Waals surface area (Å²) in [5, 5.41) is 0. The number of rotatable bonds is 4. The molecule has 6 heteroatoms. The van der Waals surface area contributed by atoms with Gasteiger partial charge in [-0.3, -0.25) is 4.79 Å². The summed E-state index contributed by atoms with van der Waals surface area (Å²) in [5.74, 6) is -3.24. The van der Waals surface area contributed by atoms with Gasteiger partial charge in [-0.25, -0.2) is 8.78 Å². The predicted molar refractivity (Wildman–Crippen MR) is 48.9 cm³/mol. The summed E-state index contributed by atoms with van der Waals surface area (Å²) in [6.07, 6.45) is 0. The van der Waals surface area contributed by atoms with E-state index in [0.29, 0.717) is 5.56 Å². The number of ether oxygens (including phenoxy) is 1. The lowest BCUT2D eigenvalue weighted by molar-refractivity contribution is -0.120. The van der Waals surface area contributed by atoms with Gasteiger partial charge in [0.05, 0.1) is 0 Å². The topological polar surface area (TPSA) is 78.3 Å². The molecule has 0 saturated heterocycles. The van der Waals surface area contributed by atoms with Crippen molar-refractivity contribution in [2.75, 3.05) is 6.61 Å². The third-order valence-electron chi connectivity index (χ3n) is 1.65. The van der Waals surface area contributed by atoms with Crippen LogP contribution in [0.2, 0.25) is 0 Å². The van der Waals surface area contributed by atoms with E-state index >= 15 is 0 Å². The van der Waals surface area contributed by atoms with Crippen molar-refractivity contribution in [1.82, 2.24) is 0 Å². The van der Waals surface area contributed by atoms with E-state index in [0.717, 1.165) is 12.1 Å². The molecule has 0 heterocycles. The zero-order valence-corrected chi connectivity index (χ0v) is 7.80. The van der Waals surface area contributed by atoms with E-state index in [-0.39, 0.29) is 6.54 Å². The van der Waals surface area contributed by atoms with Gasteiger partial charge >= 0.3 is 0 Å². The standard InChI is InChI=1S/C9H10F2N2O2/c10-6-1-5(3-12)2-7(11)9(6)15-4-8(13)14/h1-2H,3-4,12H2,(H2,13,14). The van der Waals surface area contributed by atoms with Crippen LogP contribution in [0.4, 0.5) is 8.78 Å². The summed E-state index contributed by atoms with van der Waals surface area (Å²) in [5.41, 5.74) is 10.3. The molecule has 0 unspecified atom stereocenters. The average Bonchev–Trinajstić information content (AvgIpc) is 2.15. The highest BCUT2D eigenvalue weighted by molar-refractivity contribution is 5.75. The van der Waals surface area contributed by atoms with Crippen LogP contribution in [-0.2, 0) is 11.3 Å². The number of nitrogens with two attached hydrogens (primary N) is 2. The Morgan fingerprint density at radius 3 is 2.27 bits per heavy atom. The van der Waals surface area contributed by atoms with Crippen LogP contribution in [0.3, 0.4) is 0 Å². The van der Waals surface area contributed by atoms with Gasteiger partial charge in [0.1, 0.15) is 0 Å². The van der Waals surface area contributed by atoms with E-state index < -0.39 is 29.9 Å². The Labute approximate surface area is 84.8 Å². The molecular formula is C9H10F2N2O2. The molecule has 0 fully saturated rings. The van der Waals surface area contributed by atoms with Crippen molar-refractivity contribution in [2.45, 2.75) is 6.54 Å². The molecule has 0 bridgehead atoms. The van der Waals surface area contributed by atoms with Gasteiger partial charge < -0.3 is 16.2 Å². The third-order valence-corrected chi connectivity index (χ3v) is 1.65. The minimum absolute atomic E-state index is 0.0178. The van der Waals surface area contributed by atoms with Crippen LogP contribution in [0.5, 0.6) is 5.75 Å². The quantitative estimate of drug-likeness (QED) is 0.759. The number of amides is 1. The maximum absolute atomic E-state index is 13.2. The highest BCUT2D eigenvalue weighted by atomic mass is 19.1. The lowest BCUT2D eigenvalue weighted by Gasteiger charge is -2.07. The van der Waals surface area contributed by atoms with Gasteiger partial charge in [0, 0.05) is 6.54 Å². The molecule has 1 aromatic carbocycles. The second-order valence-corrected chi connectivity index (χ2v) is 2.85. The normalized spacial score (nSPS) is 10.1. The summed E-state index contributed by atoms with van der Waals surface area (Å²) in [7, 11) is 0. The number of primary amides is 1. The number of hydrogen-bond acceptors (Lipinski definition) is 3. The number of halogens is 2. The van der Waals surface area contributed by atoms with E-state index in [1.165, 1.54) is 0 Å². The van der Waals surface area contributed by atoms with Gasteiger partial charge in [0.25, 0.3) is 5.91 Å². The van der Waals surface area contributed by atoms with Crippen LogP contribution in [0.1, 0.15) is 5.56 Å². The van der Waals surface area contributed by atoms with Crippen LogP contribution in [0, 0.1) is 11.6 Å². The van der Waals surface area contributed by atoms with Gasteiger partial charge in [-0.15, -0.1) is 0 Å². The third kappa shape index (κ3) is 2.88. The molecule has 0 atom stereocenters. The Balaban J connectivity index is 2.92. The number of carbonyl (C=O) groups excluding carboxylic acids is 1. The van der Waals surface area contributed by atoms with E-state index in [2.05, 4.69) is 4.74 Å². The zero-order valence-electron chi connectivity index (χ0n) is 7.80. The molecule has 0 aliphatic carbocycles. The minimum atomic E-state index is -0.906. The molecule has 0 aromatic heterocycles. The SMILES string of the molecule is NCc1cc(F)c(OCC(N)=O)c(F)c1. The van der Waals surface area contributed by atoms with E-state index in [4.69, 9.17) is 11.5 Å². The Morgan fingerprint density at radius 1 is 1.33 bits per heavy atom. The Morgan fingerprint density at radius 2 is 1.87 bits per heavy atom. The van der Waals surface area contributed by atoms with Crippen LogP contribution >= 0.6 is 0 Å². The molecule has 0 saturated carbocycles. The number of hydrogen-bond donors (Lipinski definition) is 2. The van der Waals surface area contributed by atoms with Gasteiger partial charge in [0.15, 0.2) is 24.0 Å². The van der Waals surface area contributed by atoms with Crippen LogP contribution in [0.15, 0.2) is 12.1 Å². The maximum Gasteiger partial charge on any atom is 0.255 e. The first-order chi connectivity index (χ1) is 7.04. The Kier molecular flexibility index (Phi) is 3.56. The first-order valence-corrected chi connectivity index (χ1v) is 4.13. The van der Waals surface area contributed by atoms with Crippen LogP contribution < -0.4 is 16.2 Å². The van der Waals surface area contributed by atoms with Crippen molar-refractivity contribution in [3.63, 3.8) is 0 Å². The van der Waals surface area contributed by atoms with Crippen LogP contribution in [0.25, 0.3) is 0 Å². The van der Waals surface area contributed by atoms with E-state index in [1.807, 2.05) is 0 Å². The molecule has 0 radical (unpaired) electrons. The Hall–Kier alpha value is -1.69. The predicted octanol–water partition coefficient (Wildman–Crippen LogP) is 0.288. The van der Waals surface area contributed by atoms with Crippen molar-refractivity contribution >= 4 is 5.91 Å². The summed E-state index contributed by atoms with van der Waals surface area (Å²) in [6, 6.07) is 2.08. The molecule has 0 aliphatic heterocycles. The molecular weight excluding hydrogens is 206 g/mol. The zero-order chi connectivity index (χ0) is 11.4. The molecule has 82 valence electrons. The first kappa shape index (κ1) is 11.4.